The molecule has 6 rings (SSSR count). The summed E-state index contributed by atoms with van der Waals surface area (Å²) >= 11 is 0. The molecule has 4 bridgehead atoms. The zero-order valence-corrected chi connectivity index (χ0v) is 16.1. The molecule has 0 nitrogen and oxygen atoms in total. The number of fused-ring (bicyclic) bond motifs is 9. The average Bonchev–Trinajstić information content (AvgIpc) is 3.41. The average molecular weight is 343 g/mol. The maximum atomic E-state index is 2.46. The highest BCUT2D eigenvalue weighted by Crippen LogP contribution is 2.73. The van der Waals surface area contributed by atoms with Gasteiger partial charge in [0.1, 0.15) is 0 Å². The lowest BCUT2D eigenvalue weighted by Crippen LogP contribution is -2.43. The number of rotatable bonds is 2. The van der Waals surface area contributed by atoms with Crippen molar-refractivity contribution in [3.63, 3.8) is 0 Å². The second-order valence-corrected chi connectivity index (χ2v) is 10.00. The maximum Gasteiger partial charge on any atom is 0.0236 e. The van der Waals surface area contributed by atoms with Gasteiger partial charge in [-0.05, 0) is 92.6 Å². The standard InChI is InChI=1S/C26H30/c1-16-3-9-21(10-4-16)26(22-11-5-17(2)6-12-22)15-20-14-23(26)25-19-8-7-18(13-19)24(20)25/h3-6,9-12,18-20,23-25H,7-8,13-15H2,1-2H3. The van der Waals surface area contributed by atoms with Gasteiger partial charge in [0.05, 0.1) is 0 Å². The molecule has 0 aliphatic heterocycles. The third-order valence-corrected chi connectivity index (χ3v) is 8.96. The lowest BCUT2D eigenvalue weighted by molar-refractivity contribution is 0.100. The Balaban J connectivity index is 1.52. The molecule has 4 saturated carbocycles. The Hall–Kier alpha value is -1.56. The highest BCUT2D eigenvalue weighted by molar-refractivity contribution is 5.45. The van der Waals surface area contributed by atoms with E-state index in [2.05, 4.69) is 62.4 Å². The van der Waals surface area contributed by atoms with Crippen molar-refractivity contribution in [1.29, 1.82) is 0 Å². The summed E-state index contributed by atoms with van der Waals surface area (Å²) in [7, 11) is 0. The molecule has 0 heterocycles. The minimum absolute atomic E-state index is 0.276. The van der Waals surface area contributed by atoms with Crippen molar-refractivity contribution in [2.24, 2.45) is 35.5 Å². The highest BCUT2D eigenvalue weighted by atomic mass is 14.7. The summed E-state index contributed by atoms with van der Waals surface area (Å²) in [5, 5.41) is 0. The van der Waals surface area contributed by atoms with E-state index in [-0.39, 0.29) is 5.41 Å². The predicted octanol–water partition coefficient (Wildman–Crippen LogP) is 6.29. The lowest BCUT2D eigenvalue weighted by Gasteiger charge is -2.47. The van der Waals surface area contributed by atoms with E-state index in [9.17, 15) is 0 Å². The van der Waals surface area contributed by atoms with E-state index in [1.807, 2.05) is 0 Å². The Bertz CT molecular complexity index is 782. The Labute approximate surface area is 158 Å². The van der Waals surface area contributed by atoms with Gasteiger partial charge in [0.15, 0.2) is 0 Å². The lowest BCUT2D eigenvalue weighted by atomic mass is 9.56. The van der Waals surface area contributed by atoms with E-state index in [1.54, 1.807) is 17.5 Å². The summed E-state index contributed by atoms with van der Waals surface area (Å²) in [5.74, 6) is 6.05. The van der Waals surface area contributed by atoms with Crippen LogP contribution in [0.4, 0.5) is 0 Å². The molecule has 6 unspecified atom stereocenters. The molecule has 2 aromatic carbocycles. The van der Waals surface area contributed by atoms with Gasteiger partial charge in [-0.2, -0.15) is 0 Å². The zero-order valence-electron chi connectivity index (χ0n) is 16.1. The molecule has 0 aromatic heterocycles. The van der Waals surface area contributed by atoms with E-state index in [4.69, 9.17) is 0 Å². The second-order valence-electron chi connectivity index (χ2n) is 10.00. The molecule has 2 aromatic rings. The van der Waals surface area contributed by atoms with Gasteiger partial charge in [-0.3, -0.25) is 0 Å². The Morgan fingerprint density at radius 2 is 1.19 bits per heavy atom. The van der Waals surface area contributed by atoms with Crippen molar-refractivity contribution in [2.45, 2.75) is 51.4 Å². The van der Waals surface area contributed by atoms with Gasteiger partial charge in [0.2, 0.25) is 0 Å². The SMILES string of the molecule is Cc1ccc(C2(c3ccc(C)cc3)CC3CC2C2C4CCC(C4)C32)cc1. The molecule has 6 atom stereocenters. The summed E-state index contributed by atoms with van der Waals surface area (Å²) < 4.78 is 0. The molecule has 0 spiro atoms. The van der Waals surface area contributed by atoms with Gasteiger partial charge < -0.3 is 0 Å². The van der Waals surface area contributed by atoms with Crippen LogP contribution in [0.1, 0.15) is 54.4 Å². The molecule has 4 fully saturated rings. The van der Waals surface area contributed by atoms with E-state index < -0.39 is 0 Å². The second kappa shape index (κ2) is 5.24. The van der Waals surface area contributed by atoms with E-state index in [0.29, 0.717) is 0 Å². The molecule has 134 valence electrons. The predicted molar refractivity (Wildman–Crippen MR) is 107 cm³/mol. The van der Waals surface area contributed by atoms with Crippen molar-refractivity contribution in [1.82, 2.24) is 0 Å². The first-order chi connectivity index (χ1) is 12.7. The van der Waals surface area contributed by atoms with Gasteiger partial charge >= 0.3 is 0 Å². The van der Waals surface area contributed by atoms with Crippen LogP contribution < -0.4 is 0 Å². The van der Waals surface area contributed by atoms with Crippen LogP contribution in [0.2, 0.25) is 0 Å². The van der Waals surface area contributed by atoms with Crippen LogP contribution in [0.3, 0.4) is 0 Å². The summed E-state index contributed by atoms with van der Waals surface area (Å²) in [6.45, 7) is 4.43. The van der Waals surface area contributed by atoms with Crippen LogP contribution in [0, 0.1) is 49.4 Å². The molecule has 0 N–H and O–H groups in total. The zero-order chi connectivity index (χ0) is 17.5. The first kappa shape index (κ1) is 15.5. The molecule has 0 heteroatoms. The Morgan fingerprint density at radius 3 is 1.77 bits per heavy atom. The molecule has 4 aliphatic rings. The van der Waals surface area contributed by atoms with Crippen LogP contribution in [0.5, 0.6) is 0 Å². The van der Waals surface area contributed by atoms with Crippen LogP contribution in [-0.4, -0.2) is 0 Å². The summed E-state index contributed by atoms with van der Waals surface area (Å²) in [5.41, 5.74) is 6.24. The number of benzene rings is 2. The van der Waals surface area contributed by atoms with Crippen molar-refractivity contribution >= 4 is 0 Å². The minimum Gasteiger partial charge on any atom is -0.0590 e. The summed E-state index contributed by atoms with van der Waals surface area (Å²) in [6, 6.07) is 19.2. The maximum absolute atomic E-state index is 2.46. The smallest absolute Gasteiger partial charge is 0.0236 e. The Kier molecular flexibility index (Phi) is 3.13. The van der Waals surface area contributed by atoms with Gasteiger partial charge in [0, 0.05) is 5.41 Å². The normalized spacial score (nSPS) is 38.7. The van der Waals surface area contributed by atoms with Crippen LogP contribution in [0.25, 0.3) is 0 Å². The van der Waals surface area contributed by atoms with Crippen LogP contribution >= 0.6 is 0 Å². The fraction of sp³-hybridized carbons (Fsp3) is 0.538. The summed E-state index contributed by atoms with van der Waals surface area (Å²) in [4.78, 5) is 0. The molecular weight excluding hydrogens is 312 g/mol. The van der Waals surface area contributed by atoms with Crippen LogP contribution in [0.15, 0.2) is 48.5 Å². The van der Waals surface area contributed by atoms with Gasteiger partial charge in [0.25, 0.3) is 0 Å². The Morgan fingerprint density at radius 1 is 0.654 bits per heavy atom. The van der Waals surface area contributed by atoms with Crippen molar-refractivity contribution in [2.75, 3.05) is 0 Å². The molecular formula is C26H30. The number of hydrogen-bond donors (Lipinski definition) is 0. The monoisotopic (exact) mass is 342 g/mol. The first-order valence-electron chi connectivity index (χ1n) is 10.8. The first-order valence-corrected chi connectivity index (χ1v) is 10.8. The van der Waals surface area contributed by atoms with Gasteiger partial charge in [-0.1, -0.05) is 59.7 Å². The van der Waals surface area contributed by atoms with E-state index in [1.165, 1.54) is 36.8 Å². The third-order valence-electron chi connectivity index (χ3n) is 8.96. The molecule has 0 amide bonds. The number of hydrogen-bond acceptors (Lipinski definition) is 0. The van der Waals surface area contributed by atoms with Crippen molar-refractivity contribution in [3.8, 4) is 0 Å². The van der Waals surface area contributed by atoms with Gasteiger partial charge in [-0.25, -0.2) is 0 Å². The van der Waals surface area contributed by atoms with E-state index >= 15 is 0 Å². The van der Waals surface area contributed by atoms with Crippen LogP contribution in [-0.2, 0) is 5.41 Å². The topological polar surface area (TPSA) is 0 Å². The minimum atomic E-state index is 0.276. The highest BCUT2D eigenvalue weighted by Gasteiger charge is 2.67. The fourth-order valence-electron chi connectivity index (χ4n) is 8.16. The van der Waals surface area contributed by atoms with Gasteiger partial charge in [-0.15, -0.1) is 0 Å². The molecule has 26 heavy (non-hydrogen) atoms. The summed E-state index contributed by atoms with van der Waals surface area (Å²) in [6.07, 6.45) is 7.50. The third kappa shape index (κ3) is 1.86. The van der Waals surface area contributed by atoms with Crippen molar-refractivity contribution < 1.29 is 0 Å². The number of aryl methyl sites for hydroxylation is 2. The van der Waals surface area contributed by atoms with Crippen molar-refractivity contribution in [3.05, 3.63) is 70.8 Å². The molecule has 0 radical (unpaired) electrons. The molecule has 0 saturated heterocycles. The fourth-order valence-corrected chi connectivity index (χ4v) is 8.16. The van der Waals surface area contributed by atoms with E-state index in [0.717, 1.165) is 35.5 Å². The quantitative estimate of drug-likeness (QED) is 0.562. The largest absolute Gasteiger partial charge is 0.0590 e. The molecule has 4 aliphatic carbocycles.